The van der Waals surface area contributed by atoms with Gasteiger partial charge in [0.2, 0.25) is 5.78 Å². The zero-order valence-electron chi connectivity index (χ0n) is 7.56. The molecule has 13 heavy (non-hydrogen) atoms. The summed E-state index contributed by atoms with van der Waals surface area (Å²) in [5.74, 6) is -0.124. The number of hydrogen-bond donors (Lipinski definition) is 0. The second kappa shape index (κ2) is 5.37. The van der Waals surface area contributed by atoms with Crippen LogP contribution in [-0.2, 0) is 4.74 Å². The van der Waals surface area contributed by atoms with Crippen LogP contribution in [0.3, 0.4) is 0 Å². The minimum atomic E-state index is -0.124. The predicted molar refractivity (Wildman–Crippen MR) is 47.5 cm³/mol. The molecule has 1 rings (SSSR count). The van der Waals surface area contributed by atoms with Crippen LogP contribution in [0.25, 0.3) is 0 Å². The molecule has 0 radical (unpaired) electrons. The molecular weight excluding hydrogens is 168 g/mol. The van der Waals surface area contributed by atoms with E-state index in [-0.39, 0.29) is 12.4 Å². The number of aromatic nitrogens is 2. The summed E-state index contributed by atoms with van der Waals surface area (Å²) in [6.07, 6.45) is 5.38. The Labute approximate surface area is 77.0 Å². The van der Waals surface area contributed by atoms with Gasteiger partial charge in [-0.2, -0.15) is 0 Å². The van der Waals surface area contributed by atoms with Crippen molar-refractivity contribution in [3.05, 3.63) is 24.3 Å². The lowest BCUT2D eigenvalue weighted by molar-refractivity contribution is 0.0756. The molecule has 0 spiro atoms. The number of ketones is 1. The Morgan fingerprint density at radius 2 is 2.38 bits per heavy atom. The highest BCUT2D eigenvalue weighted by Gasteiger charge is 2.05. The summed E-state index contributed by atoms with van der Waals surface area (Å²) in [6, 6.07) is 0. The number of carbonyl (C=O) groups is 1. The van der Waals surface area contributed by atoms with Crippen molar-refractivity contribution < 1.29 is 9.53 Å². The molecule has 0 aliphatic rings. The van der Waals surface area contributed by atoms with Crippen LogP contribution in [0, 0.1) is 0 Å². The van der Waals surface area contributed by atoms with Gasteiger partial charge in [-0.15, -0.1) is 0 Å². The minimum Gasteiger partial charge on any atom is -0.373 e. The molecular formula is C9H12N2O2. The van der Waals surface area contributed by atoms with Gasteiger partial charge in [0.05, 0.1) is 6.20 Å². The zero-order chi connectivity index (χ0) is 9.52. The maximum absolute atomic E-state index is 11.3. The highest BCUT2D eigenvalue weighted by molar-refractivity contribution is 5.94. The maximum Gasteiger partial charge on any atom is 0.208 e. The van der Waals surface area contributed by atoms with E-state index in [9.17, 15) is 4.79 Å². The second-order valence-electron chi connectivity index (χ2n) is 2.57. The molecule has 0 saturated heterocycles. The molecule has 4 heteroatoms. The fraction of sp³-hybridized carbons (Fsp3) is 0.444. The summed E-state index contributed by atoms with van der Waals surface area (Å²) in [7, 11) is 0. The molecule has 1 heterocycles. The van der Waals surface area contributed by atoms with Crippen molar-refractivity contribution in [2.45, 2.75) is 13.3 Å². The van der Waals surface area contributed by atoms with E-state index in [1.54, 1.807) is 0 Å². The number of ether oxygens (including phenoxy) is 1. The standard InChI is InChI=1S/C9H12N2O2/c1-2-5-13-7-9(12)8-6-10-3-4-11-8/h3-4,6H,2,5,7H2,1H3. The number of nitrogens with zero attached hydrogens (tertiary/aromatic N) is 2. The Bertz CT molecular complexity index is 262. The first-order valence-corrected chi connectivity index (χ1v) is 4.21. The monoisotopic (exact) mass is 180 g/mol. The molecule has 70 valence electrons. The maximum atomic E-state index is 11.3. The van der Waals surface area contributed by atoms with Gasteiger partial charge in [0.25, 0.3) is 0 Å². The topological polar surface area (TPSA) is 52.1 Å². The Balaban J connectivity index is 2.40. The highest BCUT2D eigenvalue weighted by atomic mass is 16.5. The Hall–Kier alpha value is -1.29. The van der Waals surface area contributed by atoms with E-state index in [2.05, 4.69) is 9.97 Å². The van der Waals surface area contributed by atoms with E-state index >= 15 is 0 Å². The lowest BCUT2D eigenvalue weighted by Crippen LogP contribution is -2.11. The predicted octanol–water partition coefficient (Wildman–Crippen LogP) is 1.09. The van der Waals surface area contributed by atoms with Crippen molar-refractivity contribution in [2.75, 3.05) is 13.2 Å². The van der Waals surface area contributed by atoms with E-state index < -0.39 is 0 Å². The third kappa shape index (κ3) is 3.29. The first-order valence-electron chi connectivity index (χ1n) is 4.21. The summed E-state index contributed by atoms with van der Waals surface area (Å²) < 4.78 is 5.08. The molecule has 0 aromatic carbocycles. The van der Waals surface area contributed by atoms with E-state index in [0.29, 0.717) is 12.3 Å². The van der Waals surface area contributed by atoms with Gasteiger partial charge < -0.3 is 4.74 Å². The van der Waals surface area contributed by atoms with Crippen LogP contribution in [0.2, 0.25) is 0 Å². The van der Waals surface area contributed by atoms with Crippen molar-refractivity contribution in [1.29, 1.82) is 0 Å². The Morgan fingerprint density at radius 1 is 1.54 bits per heavy atom. The van der Waals surface area contributed by atoms with Gasteiger partial charge in [-0.05, 0) is 6.42 Å². The van der Waals surface area contributed by atoms with Gasteiger partial charge in [0.1, 0.15) is 12.3 Å². The highest BCUT2D eigenvalue weighted by Crippen LogP contribution is 1.93. The average Bonchev–Trinajstić information content (AvgIpc) is 2.19. The lowest BCUT2D eigenvalue weighted by Gasteiger charge is -1.99. The largest absolute Gasteiger partial charge is 0.373 e. The molecule has 0 amide bonds. The van der Waals surface area contributed by atoms with Crippen molar-refractivity contribution in [2.24, 2.45) is 0 Å². The fourth-order valence-electron chi connectivity index (χ4n) is 0.826. The molecule has 1 aromatic rings. The van der Waals surface area contributed by atoms with E-state index in [1.807, 2.05) is 6.92 Å². The van der Waals surface area contributed by atoms with Crippen molar-refractivity contribution >= 4 is 5.78 Å². The van der Waals surface area contributed by atoms with Crippen LogP contribution in [0.15, 0.2) is 18.6 Å². The zero-order valence-corrected chi connectivity index (χ0v) is 7.56. The van der Waals surface area contributed by atoms with Gasteiger partial charge in [-0.1, -0.05) is 6.92 Å². The number of carbonyl (C=O) groups excluding carboxylic acids is 1. The van der Waals surface area contributed by atoms with Crippen molar-refractivity contribution in [3.63, 3.8) is 0 Å². The van der Waals surface area contributed by atoms with Gasteiger partial charge in [0, 0.05) is 19.0 Å². The van der Waals surface area contributed by atoms with Gasteiger partial charge in [0.15, 0.2) is 0 Å². The van der Waals surface area contributed by atoms with Gasteiger partial charge in [-0.3, -0.25) is 9.78 Å². The van der Waals surface area contributed by atoms with Crippen LogP contribution < -0.4 is 0 Å². The van der Waals surface area contributed by atoms with Crippen molar-refractivity contribution in [3.8, 4) is 0 Å². The summed E-state index contributed by atoms with van der Waals surface area (Å²) in [4.78, 5) is 19.0. The van der Waals surface area contributed by atoms with E-state index in [0.717, 1.165) is 6.42 Å². The van der Waals surface area contributed by atoms with Crippen LogP contribution in [-0.4, -0.2) is 29.0 Å². The van der Waals surface area contributed by atoms with E-state index in [1.165, 1.54) is 18.6 Å². The summed E-state index contributed by atoms with van der Waals surface area (Å²) >= 11 is 0. The molecule has 1 aromatic heterocycles. The Morgan fingerprint density at radius 3 is 3.00 bits per heavy atom. The number of hydrogen-bond acceptors (Lipinski definition) is 4. The average molecular weight is 180 g/mol. The molecule has 0 fully saturated rings. The SMILES string of the molecule is CCCOCC(=O)c1cnccn1. The van der Waals surface area contributed by atoms with Crippen LogP contribution in [0.4, 0.5) is 0 Å². The second-order valence-corrected chi connectivity index (χ2v) is 2.57. The summed E-state index contributed by atoms with van der Waals surface area (Å²) in [6.45, 7) is 2.69. The molecule has 0 N–H and O–H groups in total. The van der Waals surface area contributed by atoms with Crippen LogP contribution >= 0.6 is 0 Å². The van der Waals surface area contributed by atoms with Gasteiger partial charge >= 0.3 is 0 Å². The minimum absolute atomic E-state index is 0.0898. The molecule has 0 bridgehead atoms. The Kier molecular flexibility index (Phi) is 4.05. The third-order valence-corrected chi connectivity index (χ3v) is 1.43. The lowest BCUT2D eigenvalue weighted by atomic mass is 10.3. The summed E-state index contributed by atoms with van der Waals surface area (Å²) in [5.41, 5.74) is 0.360. The fourth-order valence-corrected chi connectivity index (χ4v) is 0.826. The van der Waals surface area contributed by atoms with Crippen molar-refractivity contribution in [1.82, 2.24) is 9.97 Å². The van der Waals surface area contributed by atoms with Crippen LogP contribution in [0.5, 0.6) is 0 Å². The summed E-state index contributed by atoms with van der Waals surface area (Å²) in [5, 5.41) is 0. The molecule has 4 nitrogen and oxygen atoms in total. The molecule has 0 aliphatic heterocycles. The quantitative estimate of drug-likeness (QED) is 0.502. The first kappa shape index (κ1) is 9.80. The molecule has 0 atom stereocenters. The molecule has 0 unspecified atom stereocenters. The van der Waals surface area contributed by atoms with Gasteiger partial charge in [-0.25, -0.2) is 4.98 Å². The number of rotatable bonds is 5. The third-order valence-electron chi connectivity index (χ3n) is 1.43. The smallest absolute Gasteiger partial charge is 0.208 e. The molecule has 0 aliphatic carbocycles. The van der Waals surface area contributed by atoms with Crippen LogP contribution in [0.1, 0.15) is 23.8 Å². The normalized spacial score (nSPS) is 9.92. The molecule has 0 saturated carbocycles. The van der Waals surface area contributed by atoms with E-state index in [4.69, 9.17) is 4.74 Å². The number of Topliss-reactive ketones (excluding diaryl/α,β-unsaturated/α-hetero) is 1. The first-order chi connectivity index (χ1) is 6.34.